The van der Waals surface area contributed by atoms with Gasteiger partial charge >= 0.3 is 0 Å². The van der Waals surface area contributed by atoms with E-state index in [9.17, 15) is 4.79 Å². The van der Waals surface area contributed by atoms with Crippen LogP contribution in [-0.4, -0.2) is 29.1 Å². The third-order valence-electron chi connectivity index (χ3n) is 2.82. The maximum Gasteiger partial charge on any atom is 0.226 e. The van der Waals surface area contributed by atoms with Crippen molar-refractivity contribution in [2.75, 3.05) is 13.2 Å². The van der Waals surface area contributed by atoms with E-state index in [1.165, 1.54) is 0 Å². The standard InChI is InChI=1S/C13H17NO2/c15-9-8-14(13(16)12-6-7-12)10-11-4-2-1-3-5-11/h1-5,12,15H,6-10H2. The highest BCUT2D eigenvalue weighted by molar-refractivity contribution is 5.81. The zero-order valence-corrected chi connectivity index (χ0v) is 9.30. The van der Waals surface area contributed by atoms with Gasteiger partial charge in [-0.05, 0) is 18.4 Å². The normalized spacial score (nSPS) is 14.8. The van der Waals surface area contributed by atoms with E-state index < -0.39 is 0 Å². The molecular formula is C13H17NO2. The van der Waals surface area contributed by atoms with Crippen molar-refractivity contribution in [3.05, 3.63) is 35.9 Å². The molecule has 1 aliphatic carbocycles. The molecule has 86 valence electrons. The van der Waals surface area contributed by atoms with Crippen LogP contribution in [0.5, 0.6) is 0 Å². The fraction of sp³-hybridized carbons (Fsp3) is 0.462. The maximum absolute atomic E-state index is 11.9. The monoisotopic (exact) mass is 219 g/mol. The minimum absolute atomic E-state index is 0.0330. The first kappa shape index (κ1) is 11.1. The molecule has 1 saturated carbocycles. The molecule has 1 aliphatic rings. The third kappa shape index (κ3) is 2.83. The number of carbonyl (C=O) groups is 1. The van der Waals surface area contributed by atoms with Crippen LogP contribution in [-0.2, 0) is 11.3 Å². The van der Waals surface area contributed by atoms with Gasteiger partial charge in [0.1, 0.15) is 0 Å². The summed E-state index contributed by atoms with van der Waals surface area (Å²) in [6.45, 7) is 1.08. The van der Waals surface area contributed by atoms with Gasteiger partial charge in [0, 0.05) is 19.0 Å². The molecule has 2 rings (SSSR count). The third-order valence-corrected chi connectivity index (χ3v) is 2.82. The predicted molar refractivity (Wildman–Crippen MR) is 61.7 cm³/mol. The van der Waals surface area contributed by atoms with Gasteiger partial charge in [-0.1, -0.05) is 30.3 Å². The Labute approximate surface area is 95.7 Å². The highest BCUT2D eigenvalue weighted by Gasteiger charge is 2.33. The largest absolute Gasteiger partial charge is 0.395 e. The van der Waals surface area contributed by atoms with Crippen LogP contribution in [0.25, 0.3) is 0 Å². The van der Waals surface area contributed by atoms with Crippen molar-refractivity contribution in [3.8, 4) is 0 Å². The van der Waals surface area contributed by atoms with Gasteiger partial charge in [0.05, 0.1) is 6.61 Å². The number of hydrogen-bond donors (Lipinski definition) is 1. The molecule has 1 aromatic rings. The van der Waals surface area contributed by atoms with E-state index in [4.69, 9.17) is 5.11 Å². The number of aliphatic hydroxyl groups excluding tert-OH is 1. The molecule has 0 unspecified atom stereocenters. The summed E-state index contributed by atoms with van der Waals surface area (Å²) in [4.78, 5) is 13.7. The van der Waals surface area contributed by atoms with Crippen molar-refractivity contribution >= 4 is 5.91 Å². The van der Waals surface area contributed by atoms with Crippen molar-refractivity contribution in [2.24, 2.45) is 5.92 Å². The zero-order valence-electron chi connectivity index (χ0n) is 9.30. The Morgan fingerprint density at radius 2 is 2.00 bits per heavy atom. The summed E-state index contributed by atoms with van der Waals surface area (Å²) in [6, 6.07) is 9.90. The Morgan fingerprint density at radius 3 is 2.56 bits per heavy atom. The lowest BCUT2D eigenvalue weighted by Gasteiger charge is -2.21. The Kier molecular flexibility index (Phi) is 3.57. The van der Waals surface area contributed by atoms with Crippen molar-refractivity contribution in [1.82, 2.24) is 4.90 Å². The van der Waals surface area contributed by atoms with Gasteiger partial charge in [0.2, 0.25) is 5.91 Å². The molecule has 1 amide bonds. The summed E-state index contributed by atoms with van der Waals surface area (Å²) < 4.78 is 0. The second-order valence-corrected chi connectivity index (χ2v) is 4.24. The molecular weight excluding hydrogens is 202 g/mol. The highest BCUT2D eigenvalue weighted by atomic mass is 16.3. The summed E-state index contributed by atoms with van der Waals surface area (Å²) >= 11 is 0. The lowest BCUT2D eigenvalue weighted by molar-refractivity contribution is -0.133. The fourth-order valence-corrected chi connectivity index (χ4v) is 1.78. The average Bonchev–Trinajstić information content (AvgIpc) is 3.13. The molecule has 1 N–H and O–H groups in total. The van der Waals surface area contributed by atoms with Crippen LogP contribution in [0.15, 0.2) is 30.3 Å². The van der Waals surface area contributed by atoms with Gasteiger partial charge in [0.15, 0.2) is 0 Å². The van der Waals surface area contributed by atoms with Gasteiger partial charge in [-0.15, -0.1) is 0 Å². The first-order valence-electron chi connectivity index (χ1n) is 5.75. The first-order chi connectivity index (χ1) is 7.81. The number of aliphatic hydroxyl groups is 1. The summed E-state index contributed by atoms with van der Waals surface area (Å²) in [7, 11) is 0. The summed E-state index contributed by atoms with van der Waals surface area (Å²) in [5, 5.41) is 8.97. The number of hydrogen-bond acceptors (Lipinski definition) is 2. The quantitative estimate of drug-likeness (QED) is 0.813. The molecule has 0 atom stereocenters. The molecule has 0 spiro atoms. The number of rotatable bonds is 5. The van der Waals surface area contributed by atoms with Crippen molar-refractivity contribution < 1.29 is 9.90 Å². The van der Waals surface area contributed by atoms with Gasteiger partial charge in [-0.3, -0.25) is 4.79 Å². The number of carbonyl (C=O) groups excluding carboxylic acids is 1. The Bertz CT molecular complexity index is 346. The fourth-order valence-electron chi connectivity index (χ4n) is 1.78. The van der Waals surface area contributed by atoms with E-state index in [0.29, 0.717) is 13.1 Å². The predicted octanol–water partition coefficient (Wildman–Crippen LogP) is 1.42. The molecule has 16 heavy (non-hydrogen) atoms. The molecule has 3 heteroatoms. The summed E-state index contributed by atoms with van der Waals surface area (Å²) in [5.41, 5.74) is 1.12. The van der Waals surface area contributed by atoms with E-state index in [0.717, 1.165) is 18.4 Å². The van der Waals surface area contributed by atoms with Gasteiger partial charge in [-0.2, -0.15) is 0 Å². The second kappa shape index (κ2) is 5.12. The maximum atomic E-state index is 11.9. The topological polar surface area (TPSA) is 40.5 Å². The van der Waals surface area contributed by atoms with E-state index in [2.05, 4.69) is 0 Å². The van der Waals surface area contributed by atoms with Crippen LogP contribution in [0, 0.1) is 5.92 Å². The molecule has 1 aromatic carbocycles. The van der Waals surface area contributed by atoms with Crippen LogP contribution in [0.3, 0.4) is 0 Å². The Hall–Kier alpha value is -1.35. The minimum atomic E-state index is 0.0330. The summed E-state index contributed by atoms with van der Waals surface area (Å²) in [5.74, 6) is 0.410. The van der Waals surface area contributed by atoms with Gasteiger partial charge < -0.3 is 10.0 Å². The zero-order chi connectivity index (χ0) is 11.4. The lowest BCUT2D eigenvalue weighted by atomic mass is 10.2. The van der Waals surface area contributed by atoms with Crippen molar-refractivity contribution in [2.45, 2.75) is 19.4 Å². The van der Waals surface area contributed by atoms with Crippen molar-refractivity contribution in [3.63, 3.8) is 0 Å². The smallest absolute Gasteiger partial charge is 0.226 e. The van der Waals surface area contributed by atoms with E-state index in [1.807, 2.05) is 30.3 Å². The second-order valence-electron chi connectivity index (χ2n) is 4.24. The van der Waals surface area contributed by atoms with Crippen LogP contribution in [0.1, 0.15) is 18.4 Å². The van der Waals surface area contributed by atoms with Gasteiger partial charge in [-0.25, -0.2) is 0 Å². The average molecular weight is 219 g/mol. The van der Waals surface area contributed by atoms with Gasteiger partial charge in [0.25, 0.3) is 0 Å². The molecule has 0 aromatic heterocycles. The Morgan fingerprint density at radius 1 is 1.31 bits per heavy atom. The highest BCUT2D eigenvalue weighted by Crippen LogP contribution is 2.31. The SMILES string of the molecule is O=C(C1CC1)N(CCO)Cc1ccccc1. The molecule has 0 saturated heterocycles. The van der Waals surface area contributed by atoms with Crippen LogP contribution < -0.4 is 0 Å². The van der Waals surface area contributed by atoms with Crippen LogP contribution in [0.4, 0.5) is 0 Å². The van der Waals surface area contributed by atoms with Crippen LogP contribution in [0.2, 0.25) is 0 Å². The molecule has 0 aliphatic heterocycles. The molecule has 3 nitrogen and oxygen atoms in total. The minimum Gasteiger partial charge on any atom is -0.395 e. The van der Waals surface area contributed by atoms with E-state index >= 15 is 0 Å². The lowest BCUT2D eigenvalue weighted by Crippen LogP contribution is -2.34. The Balaban J connectivity index is 1.99. The number of nitrogens with zero attached hydrogens (tertiary/aromatic N) is 1. The number of benzene rings is 1. The molecule has 0 heterocycles. The van der Waals surface area contributed by atoms with E-state index in [-0.39, 0.29) is 18.4 Å². The van der Waals surface area contributed by atoms with E-state index in [1.54, 1.807) is 4.90 Å². The molecule has 0 radical (unpaired) electrons. The molecule has 1 fully saturated rings. The first-order valence-corrected chi connectivity index (χ1v) is 5.75. The van der Waals surface area contributed by atoms with Crippen molar-refractivity contribution in [1.29, 1.82) is 0 Å². The van der Waals surface area contributed by atoms with Crippen LogP contribution >= 0.6 is 0 Å². The molecule has 0 bridgehead atoms. The summed E-state index contributed by atoms with van der Waals surface area (Å²) in [6.07, 6.45) is 2.02. The number of amides is 1.